The third-order valence-electron chi connectivity index (χ3n) is 2.97. The third-order valence-corrected chi connectivity index (χ3v) is 2.97. The maximum absolute atomic E-state index is 4.15. The summed E-state index contributed by atoms with van der Waals surface area (Å²) in [5.41, 5.74) is 5.28. The molecule has 0 aromatic heterocycles. The van der Waals surface area contributed by atoms with E-state index >= 15 is 0 Å². The van der Waals surface area contributed by atoms with Crippen molar-refractivity contribution in [2.75, 3.05) is 0 Å². The van der Waals surface area contributed by atoms with Crippen LogP contribution in [0.15, 0.2) is 60.2 Å². The van der Waals surface area contributed by atoms with Crippen molar-refractivity contribution < 1.29 is 0 Å². The monoisotopic (exact) mass is 240 g/mol. The van der Waals surface area contributed by atoms with Gasteiger partial charge < -0.3 is 0 Å². The Morgan fingerprint density at radius 2 is 1.72 bits per heavy atom. The number of benzene rings is 1. The van der Waals surface area contributed by atoms with Crippen molar-refractivity contribution in [2.45, 2.75) is 40.0 Å². The summed E-state index contributed by atoms with van der Waals surface area (Å²) in [5, 5.41) is 0. The SMILES string of the molecule is C=C(C/C=C(/C)CCC=C(C)C)c1ccccc1. The Kier molecular flexibility index (Phi) is 6.21. The lowest BCUT2D eigenvalue weighted by molar-refractivity contribution is 0.959. The molecule has 0 saturated heterocycles. The van der Waals surface area contributed by atoms with Gasteiger partial charge in [0.2, 0.25) is 0 Å². The van der Waals surface area contributed by atoms with E-state index in [1.54, 1.807) is 0 Å². The molecule has 0 aliphatic carbocycles. The molecule has 0 saturated carbocycles. The summed E-state index contributed by atoms with van der Waals surface area (Å²) in [4.78, 5) is 0. The number of hydrogen-bond acceptors (Lipinski definition) is 0. The molecule has 0 heteroatoms. The summed E-state index contributed by atoms with van der Waals surface area (Å²) in [5.74, 6) is 0. The van der Waals surface area contributed by atoms with Crippen LogP contribution in [0.3, 0.4) is 0 Å². The molecule has 0 unspecified atom stereocenters. The van der Waals surface area contributed by atoms with E-state index in [2.05, 4.69) is 63.8 Å². The summed E-state index contributed by atoms with van der Waals surface area (Å²) in [6, 6.07) is 10.4. The van der Waals surface area contributed by atoms with Gasteiger partial charge in [-0.15, -0.1) is 0 Å². The molecule has 96 valence electrons. The fourth-order valence-electron chi connectivity index (χ4n) is 1.78. The van der Waals surface area contributed by atoms with Gasteiger partial charge in [0.1, 0.15) is 0 Å². The maximum Gasteiger partial charge on any atom is -0.00948 e. The van der Waals surface area contributed by atoms with Crippen molar-refractivity contribution in [3.63, 3.8) is 0 Å². The topological polar surface area (TPSA) is 0 Å². The molecule has 0 fully saturated rings. The minimum absolute atomic E-state index is 0.949. The van der Waals surface area contributed by atoms with Gasteiger partial charge in [0.15, 0.2) is 0 Å². The van der Waals surface area contributed by atoms with Gasteiger partial charge in [-0.05, 0) is 51.2 Å². The van der Waals surface area contributed by atoms with Crippen LogP contribution < -0.4 is 0 Å². The Bertz CT molecular complexity index is 428. The lowest BCUT2D eigenvalue weighted by atomic mass is 10.0. The van der Waals surface area contributed by atoms with Gasteiger partial charge in [-0.2, -0.15) is 0 Å². The second kappa shape index (κ2) is 7.71. The molecule has 0 spiro atoms. The highest BCUT2D eigenvalue weighted by molar-refractivity contribution is 5.64. The summed E-state index contributed by atoms with van der Waals surface area (Å²) >= 11 is 0. The Morgan fingerprint density at radius 1 is 1.06 bits per heavy atom. The molecule has 1 rings (SSSR count). The van der Waals surface area contributed by atoms with Crippen LogP contribution in [0.2, 0.25) is 0 Å². The number of rotatable bonds is 6. The summed E-state index contributed by atoms with van der Waals surface area (Å²) in [6.45, 7) is 10.7. The highest BCUT2D eigenvalue weighted by atomic mass is 14.0. The molecule has 0 nitrogen and oxygen atoms in total. The van der Waals surface area contributed by atoms with Crippen LogP contribution in [0.5, 0.6) is 0 Å². The Labute approximate surface area is 112 Å². The molecule has 0 atom stereocenters. The van der Waals surface area contributed by atoms with E-state index in [4.69, 9.17) is 0 Å². The highest BCUT2D eigenvalue weighted by Crippen LogP contribution is 2.18. The van der Waals surface area contributed by atoms with E-state index in [1.807, 2.05) is 6.07 Å². The van der Waals surface area contributed by atoms with Gasteiger partial charge in [0.05, 0.1) is 0 Å². The van der Waals surface area contributed by atoms with Gasteiger partial charge in [-0.25, -0.2) is 0 Å². The molecule has 0 aliphatic heterocycles. The third kappa shape index (κ3) is 5.67. The smallest absolute Gasteiger partial charge is 0.00948 e. The van der Waals surface area contributed by atoms with Crippen LogP contribution in [0.4, 0.5) is 0 Å². The van der Waals surface area contributed by atoms with Crippen LogP contribution in [0.25, 0.3) is 5.57 Å². The minimum atomic E-state index is 0.949. The molecular formula is C18H24. The normalized spacial score (nSPS) is 11.2. The minimum Gasteiger partial charge on any atom is -0.0949 e. The lowest BCUT2D eigenvalue weighted by Gasteiger charge is -2.04. The van der Waals surface area contributed by atoms with E-state index < -0.39 is 0 Å². The molecule has 18 heavy (non-hydrogen) atoms. The standard InChI is InChI=1S/C18H24/c1-15(2)9-8-10-16(3)13-14-17(4)18-11-6-5-7-12-18/h5-7,9,11-13H,4,8,10,14H2,1-3H3/b16-13-. The molecule has 0 radical (unpaired) electrons. The van der Waals surface area contributed by atoms with E-state index in [0.717, 1.165) is 19.3 Å². The molecule has 0 bridgehead atoms. The van der Waals surface area contributed by atoms with Crippen molar-refractivity contribution in [2.24, 2.45) is 0 Å². The van der Waals surface area contributed by atoms with Gasteiger partial charge in [-0.1, -0.05) is 60.2 Å². The second-order valence-corrected chi connectivity index (χ2v) is 5.04. The first kappa shape index (κ1) is 14.5. The van der Waals surface area contributed by atoms with Crippen LogP contribution in [0.1, 0.15) is 45.6 Å². The predicted octanol–water partition coefficient (Wildman–Crippen LogP) is 5.78. The van der Waals surface area contributed by atoms with Crippen LogP contribution in [0, 0.1) is 0 Å². The Morgan fingerprint density at radius 3 is 2.33 bits per heavy atom. The van der Waals surface area contributed by atoms with Crippen LogP contribution >= 0.6 is 0 Å². The number of allylic oxidation sites excluding steroid dienone is 5. The zero-order chi connectivity index (χ0) is 13.4. The molecule has 0 N–H and O–H groups in total. The summed E-state index contributed by atoms with van der Waals surface area (Å²) in [7, 11) is 0. The van der Waals surface area contributed by atoms with E-state index in [0.29, 0.717) is 0 Å². The van der Waals surface area contributed by atoms with Crippen LogP contribution in [-0.4, -0.2) is 0 Å². The quantitative estimate of drug-likeness (QED) is 0.553. The highest BCUT2D eigenvalue weighted by Gasteiger charge is 1.96. The van der Waals surface area contributed by atoms with Gasteiger partial charge in [0.25, 0.3) is 0 Å². The fourth-order valence-corrected chi connectivity index (χ4v) is 1.78. The van der Waals surface area contributed by atoms with Crippen molar-refractivity contribution >= 4 is 5.57 Å². The van der Waals surface area contributed by atoms with Gasteiger partial charge in [-0.3, -0.25) is 0 Å². The maximum atomic E-state index is 4.15. The van der Waals surface area contributed by atoms with Gasteiger partial charge >= 0.3 is 0 Å². The van der Waals surface area contributed by atoms with E-state index in [-0.39, 0.29) is 0 Å². The van der Waals surface area contributed by atoms with E-state index in [1.165, 1.54) is 22.3 Å². The van der Waals surface area contributed by atoms with Crippen molar-refractivity contribution in [1.82, 2.24) is 0 Å². The second-order valence-electron chi connectivity index (χ2n) is 5.04. The van der Waals surface area contributed by atoms with Crippen molar-refractivity contribution in [3.8, 4) is 0 Å². The zero-order valence-electron chi connectivity index (χ0n) is 11.9. The molecule has 0 amide bonds. The van der Waals surface area contributed by atoms with Gasteiger partial charge in [0, 0.05) is 0 Å². The first-order valence-electron chi connectivity index (χ1n) is 6.62. The first-order chi connectivity index (χ1) is 8.59. The predicted molar refractivity (Wildman–Crippen MR) is 82.5 cm³/mol. The molecule has 0 heterocycles. The largest absolute Gasteiger partial charge is 0.0949 e. The summed E-state index contributed by atoms with van der Waals surface area (Å²) < 4.78 is 0. The van der Waals surface area contributed by atoms with Crippen molar-refractivity contribution in [1.29, 1.82) is 0 Å². The van der Waals surface area contributed by atoms with Crippen LogP contribution in [-0.2, 0) is 0 Å². The average Bonchev–Trinajstić information content (AvgIpc) is 2.36. The molecule has 1 aromatic rings. The molecule has 1 aromatic carbocycles. The van der Waals surface area contributed by atoms with Crippen molar-refractivity contribution in [3.05, 3.63) is 65.8 Å². The lowest BCUT2D eigenvalue weighted by Crippen LogP contribution is -1.82. The Hall–Kier alpha value is -1.56. The summed E-state index contributed by atoms with van der Waals surface area (Å²) in [6.07, 6.45) is 7.83. The fraction of sp³-hybridized carbons (Fsp3) is 0.333. The first-order valence-corrected chi connectivity index (χ1v) is 6.62. The molecule has 0 aliphatic rings. The molecular weight excluding hydrogens is 216 g/mol. The van der Waals surface area contributed by atoms with E-state index in [9.17, 15) is 0 Å². The zero-order valence-corrected chi connectivity index (χ0v) is 11.9. The average molecular weight is 240 g/mol. The number of hydrogen-bond donors (Lipinski definition) is 0. The Balaban J connectivity index is 2.44.